The van der Waals surface area contributed by atoms with Crippen molar-refractivity contribution in [1.29, 1.82) is 0 Å². The van der Waals surface area contributed by atoms with Crippen molar-refractivity contribution < 1.29 is 9.53 Å². The molecule has 33 heavy (non-hydrogen) atoms. The highest BCUT2D eigenvalue weighted by atomic mass is 127. The van der Waals surface area contributed by atoms with E-state index in [0.29, 0.717) is 23.1 Å². The Labute approximate surface area is 212 Å². The Morgan fingerprint density at radius 2 is 1.97 bits per heavy atom. The number of anilines is 1. The average molecular weight is 575 g/mol. The normalized spacial score (nSPS) is 17.7. The van der Waals surface area contributed by atoms with E-state index >= 15 is 0 Å². The second-order valence-corrected chi connectivity index (χ2v) is 9.39. The van der Waals surface area contributed by atoms with E-state index in [-0.39, 0.29) is 24.4 Å². The summed E-state index contributed by atoms with van der Waals surface area (Å²) >= 11 is 8.12. The number of nitrogens with zero attached hydrogens (tertiary/aromatic N) is 2. The van der Waals surface area contributed by atoms with Crippen LogP contribution in [0.4, 0.5) is 5.69 Å². The molecule has 0 spiro atoms. The quantitative estimate of drug-likeness (QED) is 0.282. The summed E-state index contributed by atoms with van der Waals surface area (Å²) in [6, 6.07) is 13.1. The van der Waals surface area contributed by atoms with Gasteiger partial charge < -0.3 is 25.3 Å². The lowest BCUT2D eigenvalue weighted by atomic mass is 9.96. The van der Waals surface area contributed by atoms with E-state index < -0.39 is 0 Å². The van der Waals surface area contributed by atoms with Crippen molar-refractivity contribution in [2.45, 2.75) is 32.4 Å². The van der Waals surface area contributed by atoms with Crippen molar-refractivity contribution in [2.24, 2.45) is 0 Å². The number of aromatic nitrogens is 2. The van der Waals surface area contributed by atoms with Gasteiger partial charge in [0.2, 0.25) is 5.91 Å². The molecule has 0 aliphatic carbocycles. The van der Waals surface area contributed by atoms with Crippen molar-refractivity contribution in [3.63, 3.8) is 0 Å². The maximum Gasteiger partial charge on any atom is 0.226 e. The molecule has 172 valence electrons. The molecule has 4 rings (SSSR count). The van der Waals surface area contributed by atoms with Crippen LogP contribution in [-0.2, 0) is 4.79 Å². The summed E-state index contributed by atoms with van der Waals surface area (Å²) in [5.74, 6) is 0.532. The maximum absolute atomic E-state index is 12.8. The van der Waals surface area contributed by atoms with Crippen molar-refractivity contribution in [1.82, 2.24) is 20.2 Å². The monoisotopic (exact) mass is 575 g/mol. The average Bonchev–Trinajstić information content (AvgIpc) is 3.27. The summed E-state index contributed by atoms with van der Waals surface area (Å²) in [5.41, 5.74) is 4.97. The zero-order valence-electron chi connectivity index (χ0n) is 18.7. The fourth-order valence-corrected chi connectivity index (χ4v) is 5.45. The molecule has 0 unspecified atom stereocenters. The van der Waals surface area contributed by atoms with Gasteiger partial charge in [0.15, 0.2) is 5.11 Å². The predicted octanol–water partition coefficient (Wildman–Crippen LogP) is 4.64. The molecule has 1 amide bonds. The lowest BCUT2D eigenvalue weighted by Crippen LogP contribution is -2.33. The lowest BCUT2D eigenvalue weighted by Gasteiger charge is -2.28. The fraction of sp³-hybridized carbons (Fsp3) is 0.292. The first kappa shape index (κ1) is 23.5. The molecule has 2 aromatic heterocycles. The van der Waals surface area contributed by atoms with Crippen LogP contribution in [0.1, 0.15) is 41.1 Å². The zero-order chi connectivity index (χ0) is 23.5. The molecule has 3 heterocycles. The first-order chi connectivity index (χ1) is 15.9. The van der Waals surface area contributed by atoms with Gasteiger partial charge in [0, 0.05) is 39.7 Å². The van der Waals surface area contributed by atoms with E-state index in [1.807, 2.05) is 42.5 Å². The Morgan fingerprint density at radius 1 is 1.21 bits per heavy atom. The van der Waals surface area contributed by atoms with Crippen LogP contribution in [0, 0.1) is 17.4 Å². The third-order valence-corrected chi connectivity index (χ3v) is 7.54. The molecule has 9 heteroatoms. The van der Waals surface area contributed by atoms with E-state index in [0.717, 1.165) is 17.1 Å². The first-order valence-electron chi connectivity index (χ1n) is 10.7. The SMILES string of the molecule is COc1ccccc1NC(=O)CCN1C(=S)N[C@@H](c2ccccn2)[C@H]1c1c(C)[nH]c(C)c1I. The Balaban J connectivity index is 1.59. The van der Waals surface area contributed by atoms with Gasteiger partial charge in [-0.05, 0) is 72.9 Å². The first-order valence-corrected chi connectivity index (χ1v) is 12.1. The molecular weight excluding hydrogens is 549 g/mol. The fourth-order valence-electron chi connectivity index (χ4n) is 4.26. The van der Waals surface area contributed by atoms with Gasteiger partial charge >= 0.3 is 0 Å². The number of pyridine rings is 1. The molecule has 1 aliphatic rings. The second-order valence-electron chi connectivity index (χ2n) is 7.92. The molecule has 7 nitrogen and oxygen atoms in total. The molecule has 0 bridgehead atoms. The van der Waals surface area contributed by atoms with Gasteiger partial charge in [0.1, 0.15) is 5.75 Å². The number of halogens is 1. The van der Waals surface area contributed by atoms with Crippen LogP contribution in [-0.4, -0.2) is 39.5 Å². The number of H-pyrrole nitrogens is 1. The number of rotatable bonds is 7. The zero-order valence-corrected chi connectivity index (χ0v) is 21.7. The Morgan fingerprint density at radius 3 is 2.64 bits per heavy atom. The van der Waals surface area contributed by atoms with Crippen LogP contribution in [0.3, 0.4) is 0 Å². The predicted molar refractivity (Wildman–Crippen MR) is 141 cm³/mol. The van der Waals surface area contributed by atoms with Crippen molar-refractivity contribution in [3.05, 3.63) is 74.9 Å². The summed E-state index contributed by atoms with van der Waals surface area (Å²) in [6.45, 7) is 4.62. The third-order valence-electron chi connectivity index (χ3n) is 5.80. The number of para-hydroxylation sites is 2. The van der Waals surface area contributed by atoms with Crippen LogP contribution in [0.25, 0.3) is 0 Å². The molecule has 2 atom stereocenters. The highest BCUT2D eigenvalue weighted by Crippen LogP contribution is 2.42. The Hall–Kier alpha value is -2.66. The second kappa shape index (κ2) is 10.1. The number of aromatic amines is 1. The minimum atomic E-state index is -0.113. The molecule has 1 fully saturated rings. The summed E-state index contributed by atoms with van der Waals surface area (Å²) < 4.78 is 6.51. The topological polar surface area (TPSA) is 82.3 Å². The van der Waals surface area contributed by atoms with Crippen LogP contribution in [0.15, 0.2) is 48.7 Å². The van der Waals surface area contributed by atoms with Crippen molar-refractivity contribution in [3.8, 4) is 5.75 Å². The van der Waals surface area contributed by atoms with Crippen molar-refractivity contribution in [2.75, 3.05) is 19.0 Å². The summed E-state index contributed by atoms with van der Waals surface area (Å²) in [6.07, 6.45) is 2.07. The highest BCUT2D eigenvalue weighted by Gasteiger charge is 2.42. The van der Waals surface area contributed by atoms with E-state index in [9.17, 15) is 4.79 Å². The number of amides is 1. The molecular formula is C24H26IN5O2S. The number of carbonyl (C=O) groups is 1. The van der Waals surface area contributed by atoms with Gasteiger partial charge in [-0.2, -0.15) is 0 Å². The summed E-state index contributed by atoms with van der Waals surface area (Å²) in [7, 11) is 1.59. The van der Waals surface area contributed by atoms with Gasteiger partial charge in [-0.3, -0.25) is 9.78 Å². The van der Waals surface area contributed by atoms with Crippen LogP contribution in [0.5, 0.6) is 5.75 Å². The van der Waals surface area contributed by atoms with E-state index in [1.54, 1.807) is 13.3 Å². The number of benzene rings is 1. The number of aryl methyl sites for hydroxylation is 2. The number of nitrogens with one attached hydrogen (secondary N) is 3. The van der Waals surface area contributed by atoms with Crippen LogP contribution < -0.4 is 15.4 Å². The van der Waals surface area contributed by atoms with Gasteiger partial charge in [-0.25, -0.2) is 0 Å². The maximum atomic E-state index is 12.8. The Bertz CT molecular complexity index is 1170. The van der Waals surface area contributed by atoms with Gasteiger partial charge in [-0.15, -0.1) is 0 Å². The molecule has 0 saturated carbocycles. The summed E-state index contributed by atoms with van der Waals surface area (Å²) in [4.78, 5) is 22.9. The molecule has 3 aromatic rings. The third kappa shape index (κ3) is 4.84. The highest BCUT2D eigenvalue weighted by molar-refractivity contribution is 14.1. The number of ether oxygens (including phenoxy) is 1. The summed E-state index contributed by atoms with van der Waals surface area (Å²) in [5, 5.41) is 7.02. The van der Waals surface area contributed by atoms with Crippen molar-refractivity contribution >= 4 is 51.5 Å². The van der Waals surface area contributed by atoms with Crippen LogP contribution >= 0.6 is 34.8 Å². The van der Waals surface area contributed by atoms with Gasteiger partial charge in [-0.1, -0.05) is 18.2 Å². The minimum Gasteiger partial charge on any atom is -0.495 e. The molecule has 1 aromatic carbocycles. The molecule has 3 N–H and O–H groups in total. The van der Waals surface area contributed by atoms with E-state index in [4.69, 9.17) is 17.0 Å². The smallest absolute Gasteiger partial charge is 0.226 e. The number of hydrogen-bond acceptors (Lipinski definition) is 4. The molecule has 1 saturated heterocycles. The Kier molecular flexibility index (Phi) is 7.18. The number of carbonyl (C=O) groups excluding carboxylic acids is 1. The largest absolute Gasteiger partial charge is 0.495 e. The van der Waals surface area contributed by atoms with Gasteiger partial charge in [0.25, 0.3) is 0 Å². The lowest BCUT2D eigenvalue weighted by molar-refractivity contribution is -0.116. The van der Waals surface area contributed by atoms with E-state index in [1.165, 1.54) is 9.13 Å². The van der Waals surface area contributed by atoms with Gasteiger partial charge in [0.05, 0.1) is 30.6 Å². The number of thiocarbonyl (C=S) groups is 1. The standard InChI is InChI=1S/C24H26IN5O2S/c1-14-20(21(25)15(2)27-14)23-22(17-9-6-7-12-26-17)29-24(33)30(23)13-11-19(31)28-16-8-4-5-10-18(16)32-3/h4-10,12,22-23,27H,11,13H2,1-3H3,(H,28,31)(H,29,33)/t22-,23+/m0/s1. The number of methoxy groups -OCH3 is 1. The number of hydrogen-bond donors (Lipinski definition) is 3. The molecule has 1 aliphatic heterocycles. The van der Waals surface area contributed by atoms with Crippen LogP contribution in [0.2, 0.25) is 0 Å². The van der Waals surface area contributed by atoms with E-state index in [2.05, 4.69) is 61.9 Å². The minimum absolute atomic E-state index is 0.0803. The molecule has 0 radical (unpaired) electrons.